The number of ether oxygens (including phenoxy) is 2. The summed E-state index contributed by atoms with van der Waals surface area (Å²) in [6.45, 7) is -0.474. The van der Waals surface area contributed by atoms with Crippen LogP contribution < -0.4 is 10.6 Å². The van der Waals surface area contributed by atoms with Crippen molar-refractivity contribution in [3.8, 4) is 0 Å². The zero-order chi connectivity index (χ0) is 29.2. The number of nitro benzene ring substituents is 2. The van der Waals surface area contributed by atoms with Crippen LogP contribution in [-0.2, 0) is 29.1 Å². The van der Waals surface area contributed by atoms with E-state index in [0.29, 0.717) is 28.9 Å². The summed E-state index contributed by atoms with van der Waals surface area (Å²) in [6.07, 6.45) is -0.885. The summed E-state index contributed by atoms with van der Waals surface area (Å²) in [4.78, 5) is 45.4. The molecule has 0 aliphatic rings. The first-order valence-electron chi connectivity index (χ1n) is 12.3. The predicted molar refractivity (Wildman–Crippen MR) is 149 cm³/mol. The Balaban J connectivity index is 1.24. The van der Waals surface area contributed by atoms with Crippen LogP contribution in [0.1, 0.15) is 22.3 Å². The Labute approximate surface area is 233 Å². The van der Waals surface area contributed by atoms with Crippen molar-refractivity contribution in [1.82, 2.24) is 0 Å². The first kappa shape index (κ1) is 28.2. The number of para-hydroxylation sites is 2. The number of nitrogens with zero attached hydrogens (tertiary/aromatic N) is 2. The van der Waals surface area contributed by atoms with Crippen LogP contribution in [0.15, 0.2) is 97.1 Å². The SMILES string of the molecule is O=C(Nc1ccc(Cc2ccc(NC(=O)OCc3ccccc3[N+](=O)[O-])cc2)cc1)OCc1ccccc1[N+](=O)[O-]. The lowest BCUT2D eigenvalue weighted by Crippen LogP contribution is -2.14. The topological polar surface area (TPSA) is 163 Å². The van der Waals surface area contributed by atoms with Crippen LogP contribution in [0, 0.1) is 20.2 Å². The number of nitrogens with one attached hydrogen (secondary N) is 2. The molecule has 0 heterocycles. The summed E-state index contributed by atoms with van der Waals surface area (Å²) >= 11 is 0. The number of carbonyl (C=O) groups excluding carboxylic acids is 2. The first-order chi connectivity index (χ1) is 19.8. The van der Waals surface area contributed by atoms with E-state index in [2.05, 4.69) is 10.6 Å². The van der Waals surface area contributed by atoms with Gasteiger partial charge in [0.25, 0.3) is 11.4 Å². The third kappa shape index (κ3) is 8.10. The minimum absolute atomic E-state index is 0.121. The molecular weight excluding hydrogens is 532 g/mol. The minimum atomic E-state index is -0.737. The van der Waals surface area contributed by atoms with Crippen LogP contribution in [0.4, 0.5) is 32.3 Å². The lowest BCUT2D eigenvalue weighted by atomic mass is 10.0. The van der Waals surface area contributed by atoms with Gasteiger partial charge in [-0.05, 0) is 53.9 Å². The molecule has 0 aromatic heterocycles. The Morgan fingerprint density at radius 3 is 1.32 bits per heavy atom. The molecule has 0 radical (unpaired) electrons. The largest absolute Gasteiger partial charge is 0.444 e. The van der Waals surface area contributed by atoms with Crippen molar-refractivity contribution in [2.75, 3.05) is 10.6 Å². The van der Waals surface area contributed by atoms with Gasteiger partial charge in [-0.1, -0.05) is 48.5 Å². The molecule has 12 nitrogen and oxygen atoms in total. The van der Waals surface area contributed by atoms with Gasteiger partial charge in [-0.25, -0.2) is 9.59 Å². The molecule has 0 unspecified atom stereocenters. The Morgan fingerprint density at radius 2 is 0.951 bits per heavy atom. The van der Waals surface area contributed by atoms with Crippen molar-refractivity contribution < 1.29 is 28.9 Å². The predicted octanol–water partition coefficient (Wildman–Crippen LogP) is 6.59. The third-order valence-electron chi connectivity index (χ3n) is 5.90. The monoisotopic (exact) mass is 556 g/mol. The molecule has 12 heteroatoms. The molecule has 0 saturated carbocycles. The van der Waals surface area contributed by atoms with Crippen molar-refractivity contribution in [3.63, 3.8) is 0 Å². The molecular formula is C29H24N4O8. The fourth-order valence-corrected chi connectivity index (χ4v) is 3.86. The molecule has 0 spiro atoms. The second kappa shape index (κ2) is 13.3. The zero-order valence-electron chi connectivity index (χ0n) is 21.5. The number of anilines is 2. The molecule has 2 amide bonds. The first-order valence-corrected chi connectivity index (χ1v) is 12.3. The summed E-state index contributed by atoms with van der Waals surface area (Å²) < 4.78 is 10.2. The van der Waals surface area contributed by atoms with Gasteiger partial charge in [0.1, 0.15) is 13.2 Å². The Hall–Kier alpha value is -5.78. The van der Waals surface area contributed by atoms with E-state index < -0.39 is 22.0 Å². The number of hydrogen-bond acceptors (Lipinski definition) is 8. The van der Waals surface area contributed by atoms with Crippen LogP contribution in [0.2, 0.25) is 0 Å². The van der Waals surface area contributed by atoms with Gasteiger partial charge in [0.2, 0.25) is 0 Å². The normalized spacial score (nSPS) is 10.3. The summed E-state index contributed by atoms with van der Waals surface area (Å²) in [5.41, 5.74) is 3.27. The van der Waals surface area contributed by atoms with Crippen molar-refractivity contribution in [2.45, 2.75) is 19.6 Å². The van der Waals surface area contributed by atoms with Crippen LogP contribution >= 0.6 is 0 Å². The molecule has 41 heavy (non-hydrogen) atoms. The number of amides is 2. The van der Waals surface area contributed by atoms with E-state index in [1.807, 2.05) is 24.3 Å². The summed E-state index contributed by atoms with van der Waals surface area (Å²) in [7, 11) is 0. The maximum absolute atomic E-state index is 12.1. The lowest BCUT2D eigenvalue weighted by Gasteiger charge is -2.09. The van der Waals surface area contributed by atoms with Crippen molar-refractivity contribution in [2.24, 2.45) is 0 Å². The van der Waals surface area contributed by atoms with E-state index in [1.165, 1.54) is 36.4 Å². The van der Waals surface area contributed by atoms with Gasteiger partial charge in [-0.2, -0.15) is 0 Å². The molecule has 4 rings (SSSR count). The molecule has 0 saturated heterocycles. The molecule has 0 fully saturated rings. The summed E-state index contributed by atoms with van der Waals surface area (Å²) in [6, 6.07) is 26.3. The highest BCUT2D eigenvalue weighted by Gasteiger charge is 2.15. The van der Waals surface area contributed by atoms with Gasteiger partial charge in [0.15, 0.2) is 0 Å². The number of benzene rings is 4. The van der Waals surface area contributed by atoms with E-state index in [-0.39, 0.29) is 24.6 Å². The van der Waals surface area contributed by atoms with Crippen molar-refractivity contribution >= 4 is 34.9 Å². The van der Waals surface area contributed by atoms with E-state index in [4.69, 9.17) is 9.47 Å². The Morgan fingerprint density at radius 1 is 0.585 bits per heavy atom. The summed E-state index contributed by atoms with van der Waals surface area (Å²) in [5, 5.41) is 27.4. The van der Waals surface area contributed by atoms with E-state index in [0.717, 1.165) is 11.1 Å². The Kier molecular flexibility index (Phi) is 9.18. The van der Waals surface area contributed by atoms with E-state index in [9.17, 15) is 29.8 Å². The molecule has 4 aromatic rings. The molecule has 4 aromatic carbocycles. The number of rotatable bonds is 10. The van der Waals surface area contributed by atoms with Crippen molar-refractivity contribution in [1.29, 1.82) is 0 Å². The fraction of sp³-hybridized carbons (Fsp3) is 0.103. The van der Waals surface area contributed by atoms with Crippen LogP contribution in [0.25, 0.3) is 0 Å². The van der Waals surface area contributed by atoms with Gasteiger partial charge in [-0.3, -0.25) is 30.9 Å². The minimum Gasteiger partial charge on any atom is -0.444 e. The Bertz CT molecular complexity index is 1440. The highest BCUT2D eigenvalue weighted by Crippen LogP contribution is 2.21. The highest BCUT2D eigenvalue weighted by atomic mass is 16.6. The number of hydrogen-bond donors (Lipinski definition) is 2. The molecule has 0 bridgehead atoms. The van der Waals surface area contributed by atoms with E-state index in [1.54, 1.807) is 36.4 Å². The standard InChI is InChI=1S/C29H24N4O8/c34-28(40-18-22-5-1-3-7-26(22)32(36)37)30-24-13-9-20(10-14-24)17-21-11-15-25(16-12-21)31-29(35)41-19-23-6-2-4-8-27(23)33(38)39/h1-16H,17-19H2,(H,30,34)(H,31,35). The smallest absolute Gasteiger partial charge is 0.411 e. The average molecular weight is 557 g/mol. The lowest BCUT2D eigenvalue weighted by molar-refractivity contribution is -0.386. The average Bonchev–Trinajstić information content (AvgIpc) is 2.97. The number of nitro groups is 2. The second-order valence-electron chi connectivity index (χ2n) is 8.74. The number of carbonyl (C=O) groups is 2. The molecule has 0 atom stereocenters. The molecule has 0 aliphatic carbocycles. The van der Waals surface area contributed by atoms with Gasteiger partial charge in [0, 0.05) is 23.5 Å². The quantitative estimate of drug-likeness (QED) is 0.163. The van der Waals surface area contributed by atoms with Gasteiger partial charge >= 0.3 is 12.2 Å². The third-order valence-corrected chi connectivity index (χ3v) is 5.90. The second-order valence-corrected chi connectivity index (χ2v) is 8.74. The van der Waals surface area contributed by atoms with Gasteiger partial charge in [0.05, 0.1) is 21.0 Å². The maximum atomic E-state index is 12.1. The van der Waals surface area contributed by atoms with Crippen LogP contribution in [-0.4, -0.2) is 22.0 Å². The van der Waals surface area contributed by atoms with Crippen molar-refractivity contribution in [3.05, 3.63) is 140 Å². The summed E-state index contributed by atoms with van der Waals surface area (Å²) in [5.74, 6) is 0. The van der Waals surface area contributed by atoms with Gasteiger partial charge < -0.3 is 9.47 Å². The molecule has 0 aliphatic heterocycles. The fourth-order valence-electron chi connectivity index (χ4n) is 3.86. The zero-order valence-corrected chi connectivity index (χ0v) is 21.5. The van der Waals surface area contributed by atoms with Gasteiger partial charge in [-0.15, -0.1) is 0 Å². The van der Waals surface area contributed by atoms with E-state index >= 15 is 0 Å². The molecule has 208 valence electrons. The highest BCUT2D eigenvalue weighted by molar-refractivity contribution is 5.85. The van der Waals surface area contributed by atoms with Crippen LogP contribution in [0.3, 0.4) is 0 Å². The van der Waals surface area contributed by atoms with Crippen LogP contribution in [0.5, 0.6) is 0 Å². The maximum Gasteiger partial charge on any atom is 0.411 e. The molecule has 2 N–H and O–H groups in total.